The molecular formula is C12H12BrN3O. The van der Waals surface area contributed by atoms with Gasteiger partial charge in [-0.05, 0) is 40.9 Å². The van der Waals surface area contributed by atoms with Crippen molar-refractivity contribution in [2.75, 3.05) is 0 Å². The zero-order valence-corrected chi connectivity index (χ0v) is 11.2. The Morgan fingerprint density at radius 1 is 1.47 bits per heavy atom. The first-order chi connectivity index (χ1) is 8.13. The van der Waals surface area contributed by atoms with Crippen LogP contribution in [0.5, 0.6) is 0 Å². The molecule has 0 saturated heterocycles. The summed E-state index contributed by atoms with van der Waals surface area (Å²) in [7, 11) is 0. The van der Waals surface area contributed by atoms with Crippen LogP contribution in [0.25, 0.3) is 11.4 Å². The molecule has 0 aliphatic rings. The molecule has 2 heterocycles. The van der Waals surface area contributed by atoms with E-state index in [1.54, 1.807) is 12.4 Å². The smallest absolute Gasteiger partial charge is 0.265 e. The van der Waals surface area contributed by atoms with Gasteiger partial charge in [0.2, 0.25) is 0 Å². The molecule has 0 atom stereocenters. The summed E-state index contributed by atoms with van der Waals surface area (Å²) >= 11 is 3.24. The van der Waals surface area contributed by atoms with Crippen LogP contribution < -0.4 is 5.56 Å². The molecule has 17 heavy (non-hydrogen) atoms. The number of aromatic amines is 1. The van der Waals surface area contributed by atoms with Gasteiger partial charge in [-0.2, -0.15) is 0 Å². The Morgan fingerprint density at radius 2 is 2.24 bits per heavy atom. The topological polar surface area (TPSA) is 58.6 Å². The van der Waals surface area contributed by atoms with Gasteiger partial charge in [0, 0.05) is 18.0 Å². The molecule has 0 fully saturated rings. The summed E-state index contributed by atoms with van der Waals surface area (Å²) in [6, 6.07) is 1.89. The van der Waals surface area contributed by atoms with Crippen molar-refractivity contribution in [2.24, 2.45) is 0 Å². The van der Waals surface area contributed by atoms with Crippen molar-refractivity contribution in [3.63, 3.8) is 0 Å². The summed E-state index contributed by atoms with van der Waals surface area (Å²) in [4.78, 5) is 23.0. The number of hydrogen-bond donors (Lipinski definition) is 1. The number of aromatic nitrogens is 3. The van der Waals surface area contributed by atoms with Crippen LogP contribution in [-0.4, -0.2) is 15.0 Å². The third kappa shape index (κ3) is 2.29. The maximum atomic E-state index is 11.7. The van der Waals surface area contributed by atoms with Crippen LogP contribution in [0.4, 0.5) is 0 Å². The van der Waals surface area contributed by atoms with E-state index < -0.39 is 0 Å². The fraction of sp³-hybridized carbons (Fsp3) is 0.250. The Morgan fingerprint density at radius 3 is 2.88 bits per heavy atom. The molecular weight excluding hydrogens is 282 g/mol. The number of H-pyrrole nitrogens is 1. The molecule has 0 spiro atoms. The maximum absolute atomic E-state index is 11.7. The van der Waals surface area contributed by atoms with Crippen LogP contribution in [0.3, 0.4) is 0 Å². The van der Waals surface area contributed by atoms with Gasteiger partial charge in [-0.1, -0.05) is 6.92 Å². The van der Waals surface area contributed by atoms with Crippen molar-refractivity contribution in [2.45, 2.75) is 20.3 Å². The van der Waals surface area contributed by atoms with Gasteiger partial charge < -0.3 is 4.98 Å². The summed E-state index contributed by atoms with van der Waals surface area (Å²) in [6.07, 6.45) is 4.13. The van der Waals surface area contributed by atoms with Gasteiger partial charge in [0.15, 0.2) is 0 Å². The molecule has 4 nitrogen and oxygen atoms in total. The van der Waals surface area contributed by atoms with Crippen molar-refractivity contribution < 1.29 is 0 Å². The normalized spacial score (nSPS) is 10.5. The molecule has 0 amide bonds. The lowest BCUT2D eigenvalue weighted by Crippen LogP contribution is -2.13. The van der Waals surface area contributed by atoms with E-state index >= 15 is 0 Å². The molecule has 2 rings (SSSR count). The van der Waals surface area contributed by atoms with Crippen molar-refractivity contribution in [3.05, 3.63) is 44.5 Å². The Hall–Kier alpha value is -1.49. The van der Waals surface area contributed by atoms with Crippen molar-refractivity contribution >= 4 is 15.9 Å². The molecule has 0 bridgehead atoms. The standard InChI is InChI=1S/C12H12BrN3O/c1-3-9-10(13)12(17)16-11(15-9)8-6-14-5-4-7(8)2/h4-6H,3H2,1-2H3,(H,15,16,17). The SMILES string of the molecule is CCc1nc(-c2cnccc2C)[nH]c(=O)c1Br. The second kappa shape index (κ2) is 4.79. The van der Waals surface area contributed by atoms with E-state index in [4.69, 9.17) is 0 Å². The van der Waals surface area contributed by atoms with Crippen LogP contribution in [0.1, 0.15) is 18.2 Å². The highest BCUT2D eigenvalue weighted by Crippen LogP contribution is 2.19. The Bertz CT molecular complexity index is 607. The highest BCUT2D eigenvalue weighted by molar-refractivity contribution is 9.10. The Labute approximate surface area is 107 Å². The van der Waals surface area contributed by atoms with Gasteiger partial charge in [-0.3, -0.25) is 9.78 Å². The van der Waals surface area contributed by atoms with E-state index in [1.807, 2.05) is 19.9 Å². The summed E-state index contributed by atoms with van der Waals surface area (Å²) in [6.45, 7) is 3.93. The lowest BCUT2D eigenvalue weighted by molar-refractivity contribution is 0.967. The predicted molar refractivity (Wildman–Crippen MR) is 69.9 cm³/mol. The second-order valence-corrected chi connectivity index (χ2v) is 4.51. The first-order valence-electron chi connectivity index (χ1n) is 5.33. The number of rotatable bonds is 2. The van der Waals surface area contributed by atoms with Crippen LogP contribution >= 0.6 is 15.9 Å². The van der Waals surface area contributed by atoms with Gasteiger partial charge in [-0.25, -0.2) is 4.98 Å². The third-order valence-corrected chi connectivity index (χ3v) is 3.38. The summed E-state index contributed by atoms with van der Waals surface area (Å²) in [5.74, 6) is 0.570. The van der Waals surface area contributed by atoms with Gasteiger partial charge in [-0.15, -0.1) is 0 Å². The number of nitrogens with zero attached hydrogens (tertiary/aromatic N) is 2. The second-order valence-electron chi connectivity index (χ2n) is 3.72. The minimum Gasteiger partial charge on any atom is -0.305 e. The Balaban J connectivity index is 2.66. The van der Waals surface area contributed by atoms with Crippen LogP contribution in [0.15, 0.2) is 27.7 Å². The summed E-state index contributed by atoms with van der Waals surface area (Å²) < 4.78 is 0.505. The first-order valence-corrected chi connectivity index (χ1v) is 6.12. The zero-order chi connectivity index (χ0) is 12.4. The number of aryl methyl sites for hydroxylation is 2. The fourth-order valence-electron chi connectivity index (χ4n) is 1.58. The number of pyridine rings is 1. The minimum atomic E-state index is -0.157. The fourth-order valence-corrected chi connectivity index (χ4v) is 2.05. The highest BCUT2D eigenvalue weighted by Gasteiger charge is 2.10. The lowest BCUT2D eigenvalue weighted by Gasteiger charge is -2.06. The third-order valence-electron chi connectivity index (χ3n) is 2.56. The quantitative estimate of drug-likeness (QED) is 0.925. The van der Waals surface area contributed by atoms with E-state index in [0.717, 1.165) is 16.8 Å². The van der Waals surface area contributed by atoms with E-state index in [1.165, 1.54) is 0 Å². The molecule has 2 aromatic rings. The summed E-state index contributed by atoms with van der Waals surface area (Å²) in [5, 5.41) is 0. The maximum Gasteiger partial charge on any atom is 0.265 e. The average Bonchev–Trinajstić information content (AvgIpc) is 2.33. The van der Waals surface area contributed by atoms with Gasteiger partial charge >= 0.3 is 0 Å². The lowest BCUT2D eigenvalue weighted by atomic mass is 10.1. The zero-order valence-electron chi connectivity index (χ0n) is 9.62. The molecule has 88 valence electrons. The molecule has 0 unspecified atom stereocenters. The molecule has 0 aromatic carbocycles. The Kier molecular flexibility index (Phi) is 3.38. The van der Waals surface area contributed by atoms with E-state index in [2.05, 4.69) is 30.9 Å². The average molecular weight is 294 g/mol. The van der Waals surface area contributed by atoms with Gasteiger partial charge in [0.1, 0.15) is 10.3 Å². The molecule has 2 aromatic heterocycles. The molecule has 0 saturated carbocycles. The van der Waals surface area contributed by atoms with E-state index in [-0.39, 0.29) is 5.56 Å². The molecule has 1 N–H and O–H groups in total. The van der Waals surface area contributed by atoms with Crippen molar-refractivity contribution in [1.29, 1.82) is 0 Å². The predicted octanol–water partition coefficient (Wildman–Crippen LogP) is 2.47. The molecule has 0 aliphatic carbocycles. The first kappa shape index (κ1) is 12.0. The van der Waals surface area contributed by atoms with E-state index in [9.17, 15) is 4.79 Å². The van der Waals surface area contributed by atoms with Crippen LogP contribution in [-0.2, 0) is 6.42 Å². The van der Waals surface area contributed by atoms with Crippen molar-refractivity contribution in [1.82, 2.24) is 15.0 Å². The number of nitrogens with one attached hydrogen (secondary N) is 1. The molecule has 5 heteroatoms. The largest absolute Gasteiger partial charge is 0.305 e. The molecule has 0 radical (unpaired) electrons. The molecule has 0 aliphatic heterocycles. The minimum absolute atomic E-state index is 0.157. The monoisotopic (exact) mass is 293 g/mol. The van der Waals surface area contributed by atoms with E-state index in [0.29, 0.717) is 16.7 Å². The number of halogens is 1. The van der Waals surface area contributed by atoms with Crippen LogP contribution in [0.2, 0.25) is 0 Å². The van der Waals surface area contributed by atoms with Crippen LogP contribution in [0, 0.1) is 6.92 Å². The highest BCUT2D eigenvalue weighted by atomic mass is 79.9. The van der Waals surface area contributed by atoms with Gasteiger partial charge in [0.25, 0.3) is 5.56 Å². The van der Waals surface area contributed by atoms with Gasteiger partial charge in [0.05, 0.1) is 5.69 Å². The number of hydrogen-bond acceptors (Lipinski definition) is 3. The summed E-state index contributed by atoms with van der Waals surface area (Å²) in [5.41, 5.74) is 2.49. The van der Waals surface area contributed by atoms with Crippen molar-refractivity contribution in [3.8, 4) is 11.4 Å².